The van der Waals surface area contributed by atoms with Gasteiger partial charge in [0.2, 0.25) is 0 Å². The number of hydrogen-bond donors (Lipinski definition) is 1. The molecule has 0 aliphatic rings. The molecular formula is C10H14BrNO. The molecule has 1 rings (SSSR count). The zero-order chi connectivity index (χ0) is 9.68. The van der Waals surface area contributed by atoms with Crippen LogP contribution in [0, 0.1) is 0 Å². The highest BCUT2D eigenvalue weighted by Gasteiger charge is 1.99. The van der Waals surface area contributed by atoms with E-state index in [1.165, 1.54) is 0 Å². The zero-order valence-corrected chi connectivity index (χ0v) is 9.52. The SMILES string of the molecule is CCCNc1ccc(OC)c(Br)c1. The maximum Gasteiger partial charge on any atom is 0.133 e. The number of halogens is 1. The molecule has 0 aromatic heterocycles. The lowest BCUT2D eigenvalue weighted by atomic mass is 10.3. The van der Waals surface area contributed by atoms with Crippen molar-refractivity contribution in [3.63, 3.8) is 0 Å². The highest BCUT2D eigenvalue weighted by molar-refractivity contribution is 9.10. The number of nitrogens with one attached hydrogen (secondary N) is 1. The van der Waals surface area contributed by atoms with E-state index in [0.717, 1.165) is 28.9 Å². The fraction of sp³-hybridized carbons (Fsp3) is 0.400. The molecule has 0 aliphatic heterocycles. The first kappa shape index (κ1) is 10.4. The van der Waals surface area contributed by atoms with Gasteiger partial charge in [0.05, 0.1) is 11.6 Å². The molecule has 0 radical (unpaired) electrons. The maximum atomic E-state index is 5.13. The lowest BCUT2D eigenvalue weighted by Crippen LogP contribution is -1.99. The van der Waals surface area contributed by atoms with Crippen LogP contribution in [0.5, 0.6) is 5.75 Å². The van der Waals surface area contributed by atoms with Crippen LogP contribution in [0.3, 0.4) is 0 Å². The fourth-order valence-corrected chi connectivity index (χ4v) is 1.59. The Morgan fingerprint density at radius 3 is 2.77 bits per heavy atom. The van der Waals surface area contributed by atoms with Crippen LogP contribution >= 0.6 is 15.9 Å². The van der Waals surface area contributed by atoms with E-state index in [4.69, 9.17) is 4.74 Å². The summed E-state index contributed by atoms with van der Waals surface area (Å²) in [6, 6.07) is 5.98. The molecule has 0 aliphatic carbocycles. The Labute approximate surface area is 87.4 Å². The molecule has 0 heterocycles. The smallest absolute Gasteiger partial charge is 0.133 e. The molecule has 0 saturated carbocycles. The summed E-state index contributed by atoms with van der Waals surface area (Å²) < 4.78 is 6.11. The van der Waals surface area contributed by atoms with Gasteiger partial charge in [-0.05, 0) is 40.5 Å². The number of ether oxygens (including phenoxy) is 1. The average molecular weight is 244 g/mol. The van der Waals surface area contributed by atoms with Gasteiger partial charge in [-0.1, -0.05) is 6.92 Å². The van der Waals surface area contributed by atoms with Crippen molar-refractivity contribution in [2.45, 2.75) is 13.3 Å². The molecule has 0 spiro atoms. The molecular weight excluding hydrogens is 230 g/mol. The van der Waals surface area contributed by atoms with E-state index in [-0.39, 0.29) is 0 Å². The van der Waals surface area contributed by atoms with Crippen molar-refractivity contribution in [2.75, 3.05) is 19.0 Å². The van der Waals surface area contributed by atoms with Gasteiger partial charge in [0.25, 0.3) is 0 Å². The summed E-state index contributed by atoms with van der Waals surface area (Å²) >= 11 is 3.43. The van der Waals surface area contributed by atoms with Gasteiger partial charge in [-0.15, -0.1) is 0 Å². The summed E-state index contributed by atoms with van der Waals surface area (Å²) in [7, 11) is 1.67. The Morgan fingerprint density at radius 2 is 2.23 bits per heavy atom. The Kier molecular flexibility index (Phi) is 4.09. The van der Waals surface area contributed by atoms with Crippen LogP contribution in [0.15, 0.2) is 22.7 Å². The van der Waals surface area contributed by atoms with Gasteiger partial charge < -0.3 is 10.1 Å². The number of rotatable bonds is 4. The van der Waals surface area contributed by atoms with Gasteiger partial charge in [0.1, 0.15) is 5.75 Å². The van der Waals surface area contributed by atoms with Crippen LogP contribution in [0.25, 0.3) is 0 Å². The summed E-state index contributed by atoms with van der Waals surface area (Å²) in [5, 5.41) is 3.30. The summed E-state index contributed by atoms with van der Waals surface area (Å²) in [6.45, 7) is 3.14. The Balaban J connectivity index is 2.71. The standard InChI is InChI=1S/C10H14BrNO/c1-3-6-12-8-4-5-10(13-2)9(11)7-8/h4-5,7,12H,3,6H2,1-2H3. The van der Waals surface area contributed by atoms with Crippen LogP contribution in [-0.4, -0.2) is 13.7 Å². The lowest BCUT2D eigenvalue weighted by molar-refractivity contribution is 0.412. The molecule has 13 heavy (non-hydrogen) atoms. The predicted molar refractivity (Wildman–Crippen MR) is 59.5 cm³/mol. The quantitative estimate of drug-likeness (QED) is 0.877. The summed E-state index contributed by atoms with van der Waals surface area (Å²) in [5.41, 5.74) is 1.12. The number of anilines is 1. The summed E-state index contributed by atoms with van der Waals surface area (Å²) in [6.07, 6.45) is 1.13. The molecule has 0 saturated heterocycles. The second kappa shape index (κ2) is 5.12. The largest absolute Gasteiger partial charge is 0.496 e. The van der Waals surface area contributed by atoms with Gasteiger partial charge in [-0.2, -0.15) is 0 Å². The molecule has 0 bridgehead atoms. The highest BCUT2D eigenvalue weighted by atomic mass is 79.9. The number of benzene rings is 1. The van der Waals surface area contributed by atoms with E-state index in [9.17, 15) is 0 Å². The molecule has 1 N–H and O–H groups in total. The topological polar surface area (TPSA) is 21.3 Å². The molecule has 0 fully saturated rings. The fourth-order valence-electron chi connectivity index (χ4n) is 1.05. The third kappa shape index (κ3) is 2.92. The third-order valence-corrected chi connectivity index (χ3v) is 2.35. The summed E-state index contributed by atoms with van der Waals surface area (Å²) in [4.78, 5) is 0. The van der Waals surface area contributed by atoms with Crippen molar-refractivity contribution >= 4 is 21.6 Å². The maximum absolute atomic E-state index is 5.13. The van der Waals surface area contributed by atoms with E-state index >= 15 is 0 Å². The third-order valence-electron chi connectivity index (χ3n) is 1.73. The first-order valence-corrected chi connectivity index (χ1v) is 5.14. The molecule has 0 amide bonds. The van der Waals surface area contributed by atoms with E-state index < -0.39 is 0 Å². The van der Waals surface area contributed by atoms with Crippen molar-refractivity contribution in [3.8, 4) is 5.75 Å². The van der Waals surface area contributed by atoms with Crippen molar-refractivity contribution in [2.24, 2.45) is 0 Å². The van der Waals surface area contributed by atoms with Gasteiger partial charge in [-0.25, -0.2) is 0 Å². The van der Waals surface area contributed by atoms with Crippen LogP contribution in [0.2, 0.25) is 0 Å². The molecule has 72 valence electrons. The summed E-state index contributed by atoms with van der Waals surface area (Å²) in [5.74, 6) is 0.863. The predicted octanol–water partition coefficient (Wildman–Crippen LogP) is 3.28. The van der Waals surface area contributed by atoms with Crippen molar-refractivity contribution < 1.29 is 4.74 Å². The van der Waals surface area contributed by atoms with Gasteiger partial charge >= 0.3 is 0 Å². The normalized spacial score (nSPS) is 9.77. The molecule has 3 heteroatoms. The second-order valence-electron chi connectivity index (χ2n) is 2.78. The van der Waals surface area contributed by atoms with Crippen LogP contribution in [0.4, 0.5) is 5.69 Å². The van der Waals surface area contributed by atoms with Crippen LogP contribution < -0.4 is 10.1 Å². The van der Waals surface area contributed by atoms with Crippen LogP contribution in [0.1, 0.15) is 13.3 Å². The van der Waals surface area contributed by atoms with Crippen LogP contribution in [-0.2, 0) is 0 Å². The molecule has 0 unspecified atom stereocenters. The highest BCUT2D eigenvalue weighted by Crippen LogP contribution is 2.27. The van der Waals surface area contributed by atoms with E-state index in [2.05, 4.69) is 28.2 Å². The Morgan fingerprint density at radius 1 is 1.46 bits per heavy atom. The molecule has 1 aromatic rings. The minimum Gasteiger partial charge on any atom is -0.496 e. The van der Waals surface area contributed by atoms with Crippen molar-refractivity contribution in [3.05, 3.63) is 22.7 Å². The minimum absolute atomic E-state index is 0.863. The van der Waals surface area contributed by atoms with Crippen molar-refractivity contribution in [1.29, 1.82) is 0 Å². The molecule has 1 aromatic carbocycles. The van der Waals surface area contributed by atoms with Gasteiger partial charge in [0.15, 0.2) is 0 Å². The molecule has 2 nitrogen and oxygen atoms in total. The zero-order valence-electron chi connectivity index (χ0n) is 7.93. The monoisotopic (exact) mass is 243 g/mol. The average Bonchev–Trinajstić information content (AvgIpc) is 2.15. The molecule has 0 atom stereocenters. The van der Waals surface area contributed by atoms with E-state index in [0.29, 0.717) is 0 Å². The number of methoxy groups -OCH3 is 1. The first-order chi connectivity index (χ1) is 6.27. The van der Waals surface area contributed by atoms with Gasteiger partial charge in [0, 0.05) is 12.2 Å². The lowest BCUT2D eigenvalue weighted by Gasteiger charge is -2.07. The minimum atomic E-state index is 0.863. The van der Waals surface area contributed by atoms with Gasteiger partial charge in [-0.3, -0.25) is 0 Å². The Hall–Kier alpha value is -0.700. The number of hydrogen-bond acceptors (Lipinski definition) is 2. The Bertz CT molecular complexity index is 276. The van der Waals surface area contributed by atoms with Crippen molar-refractivity contribution in [1.82, 2.24) is 0 Å². The first-order valence-electron chi connectivity index (χ1n) is 4.35. The van der Waals surface area contributed by atoms with E-state index in [1.807, 2.05) is 18.2 Å². The second-order valence-corrected chi connectivity index (χ2v) is 3.63. The van der Waals surface area contributed by atoms with E-state index in [1.54, 1.807) is 7.11 Å².